The van der Waals surface area contributed by atoms with Crippen molar-refractivity contribution in [3.8, 4) is 22.6 Å². The van der Waals surface area contributed by atoms with E-state index in [1.807, 2.05) is 39.0 Å². The van der Waals surface area contributed by atoms with Crippen LogP contribution >= 0.6 is 0 Å². The predicted octanol–water partition coefficient (Wildman–Crippen LogP) is 3.69. The Kier molecular flexibility index (Phi) is 2.80. The van der Waals surface area contributed by atoms with E-state index in [-0.39, 0.29) is 11.5 Å². The Labute approximate surface area is 101 Å². The Morgan fingerprint density at radius 2 is 1.59 bits per heavy atom. The number of aromatic hydroxyl groups is 2. The summed E-state index contributed by atoms with van der Waals surface area (Å²) in [6.45, 7) is 5.79. The first-order valence-electron chi connectivity index (χ1n) is 5.60. The SMILES string of the molecule is Cc1cccc(-c2cc(O)c(O)c(C)c2C)c1. The molecule has 2 nitrogen and oxygen atoms in total. The van der Waals surface area contributed by atoms with Gasteiger partial charge in [-0.2, -0.15) is 0 Å². The standard InChI is InChI=1S/C15H16O2/c1-9-5-4-6-12(7-9)13-8-14(16)15(17)11(3)10(13)2/h4-8,16-17H,1-3H3. The molecular formula is C15H16O2. The molecular weight excluding hydrogens is 212 g/mol. The lowest BCUT2D eigenvalue weighted by Crippen LogP contribution is -1.89. The van der Waals surface area contributed by atoms with Crippen molar-refractivity contribution in [2.24, 2.45) is 0 Å². The second kappa shape index (κ2) is 4.13. The highest BCUT2D eigenvalue weighted by Gasteiger charge is 2.12. The Morgan fingerprint density at radius 3 is 2.24 bits per heavy atom. The number of phenols is 2. The molecule has 2 N–H and O–H groups in total. The largest absolute Gasteiger partial charge is 0.504 e. The van der Waals surface area contributed by atoms with E-state index in [9.17, 15) is 10.2 Å². The van der Waals surface area contributed by atoms with Crippen molar-refractivity contribution < 1.29 is 10.2 Å². The third kappa shape index (κ3) is 1.98. The zero-order chi connectivity index (χ0) is 12.6. The molecule has 0 spiro atoms. The van der Waals surface area contributed by atoms with Crippen molar-refractivity contribution >= 4 is 0 Å². The first-order valence-corrected chi connectivity index (χ1v) is 5.60. The van der Waals surface area contributed by atoms with Gasteiger partial charge in [-0.3, -0.25) is 0 Å². The molecule has 0 aliphatic rings. The molecule has 2 rings (SSSR count). The summed E-state index contributed by atoms with van der Waals surface area (Å²) in [5.74, 6) is -0.0940. The van der Waals surface area contributed by atoms with Crippen LogP contribution in [0.5, 0.6) is 11.5 Å². The minimum atomic E-state index is -0.0652. The topological polar surface area (TPSA) is 40.5 Å². The molecule has 0 bridgehead atoms. The molecule has 2 aromatic carbocycles. The van der Waals surface area contributed by atoms with Crippen molar-refractivity contribution in [3.63, 3.8) is 0 Å². The molecule has 0 unspecified atom stereocenters. The summed E-state index contributed by atoms with van der Waals surface area (Å²) in [4.78, 5) is 0. The molecule has 0 saturated heterocycles. The second-order valence-electron chi connectivity index (χ2n) is 4.41. The van der Waals surface area contributed by atoms with Crippen LogP contribution < -0.4 is 0 Å². The molecule has 2 heteroatoms. The molecule has 0 radical (unpaired) electrons. The molecule has 2 aromatic rings. The average Bonchev–Trinajstić information content (AvgIpc) is 2.31. The first-order chi connectivity index (χ1) is 8.00. The van der Waals surface area contributed by atoms with Crippen molar-refractivity contribution in [3.05, 3.63) is 47.0 Å². The van der Waals surface area contributed by atoms with Gasteiger partial charge in [-0.15, -0.1) is 0 Å². The van der Waals surface area contributed by atoms with E-state index < -0.39 is 0 Å². The molecule has 0 heterocycles. The van der Waals surface area contributed by atoms with Crippen LogP contribution in [0.15, 0.2) is 30.3 Å². The number of hydrogen-bond donors (Lipinski definition) is 2. The van der Waals surface area contributed by atoms with Crippen LogP contribution in [0.25, 0.3) is 11.1 Å². The fourth-order valence-electron chi connectivity index (χ4n) is 2.00. The van der Waals surface area contributed by atoms with Crippen LogP contribution in [0, 0.1) is 20.8 Å². The van der Waals surface area contributed by atoms with E-state index >= 15 is 0 Å². The van der Waals surface area contributed by atoms with Gasteiger partial charge in [0.05, 0.1) is 0 Å². The van der Waals surface area contributed by atoms with Gasteiger partial charge in [-0.05, 0) is 49.1 Å². The van der Waals surface area contributed by atoms with Gasteiger partial charge in [0.15, 0.2) is 11.5 Å². The van der Waals surface area contributed by atoms with Gasteiger partial charge in [0, 0.05) is 0 Å². The molecule has 0 amide bonds. The van der Waals surface area contributed by atoms with Gasteiger partial charge >= 0.3 is 0 Å². The van der Waals surface area contributed by atoms with Crippen LogP contribution in [0.2, 0.25) is 0 Å². The maximum atomic E-state index is 9.69. The summed E-state index contributed by atoms with van der Waals surface area (Å²) in [6, 6.07) is 9.71. The van der Waals surface area contributed by atoms with E-state index in [1.165, 1.54) is 5.56 Å². The van der Waals surface area contributed by atoms with Crippen molar-refractivity contribution in [2.45, 2.75) is 20.8 Å². The van der Waals surface area contributed by atoms with Gasteiger partial charge in [0.25, 0.3) is 0 Å². The highest BCUT2D eigenvalue weighted by atomic mass is 16.3. The summed E-state index contributed by atoms with van der Waals surface area (Å²) >= 11 is 0. The van der Waals surface area contributed by atoms with Crippen LogP contribution in [0.3, 0.4) is 0 Å². The quantitative estimate of drug-likeness (QED) is 0.731. The minimum Gasteiger partial charge on any atom is -0.504 e. The first kappa shape index (κ1) is 11.5. The Balaban J connectivity index is 2.68. The Hall–Kier alpha value is -1.96. The average molecular weight is 228 g/mol. The monoisotopic (exact) mass is 228 g/mol. The molecule has 0 aliphatic heterocycles. The smallest absolute Gasteiger partial charge is 0.160 e. The molecule has 0 aliphatic carbocycles. The van der Waals surface area contributed by atoms with Gasteiger partial charge in [-0.25, -0.2) is 0 Å². The van der Waals surface area contributed by atoms with Gasteiger partial charge in [0.1, 0.15) is 0 Å². The molecule has 0 fully saturated rings. The number of hydrogen-bond acceptors (Lipinski definition) is 2. The van der Waals surface area contributed by atoms with Crippen molar-refractivity contribution in [1.82, 2.24) is 0 Å². The number of benzene rings is 2. The lowest BCUT2D eigenvalue weighted by atomic mass is 9.95. The van der Waals surface area contributed by atoms with Gasteiger partial charge in [-0.1, -0.05) is 29.8 Å². The molecule has 0 aromatic heterocycles. The normalized spacial score (nSPS) is 10.5. The molecule has 17 heavy (non-hydrogen) atoms. The highest BCUT2D eigenvalue weighted by Crippen LogP contribution is 2.37. The highest BCUT2D eigenvalue weighted by molar-refractivity contribution is 5.73. The van der Waals surface area contributed by atoms with Crippen LogP contribution in [-0.2, 0) is 0 Å². The van der Waals surface area contributed by atoms with Crippen LogP contribution in [0.1, 0.15) is 16.7 Å². The van der Waals surface area contributed by atoms with Gasteiger partial charge < -0.3 is 10.2 Å². The zero-order valence-electron chi connectivity index (χ0n) is 10.3. The number of phenolic OH excluding ortho intramolecular Hbond substituents is 2. The molecule has 0 saturated carbocycles. The van der Waals surface area contributed by atoms with E-state index in [0.29, 0.717) is 0 Å². The second-order valence-corrected chi connectivity index (χ2v) is 4.41. The summed E-state index contributed by atoms with van der Waals surface area (Å²) in [6.07, 6.45) is 0. The maximum absolute atomic E-state index is 9.69. The summed E-state index contributed by atoms with van der Waals surface area (Å²) < 4.78 is 0. The Morgan fingerprint density at radius 1 is 0.882 bits per heavy atom. The van der Waals surface area contributed by atoms with E-state index in [2.05, 4.69) is 6.07 Å². The third-order valence-corrected chi connectivity index (χ3v) is 3.17. The van der Waals surface area contributed by atoms with E-state index in [4.69, 9.17) is 0 Å². The lowest BCUT2D eigenvalue weighted by molar-refractivity contribution is 0.401. The lowest BCUT2D eigenvalue weighted by Gasteiger charge is -2.12. The van der Waals surface area contributed by atoms with Crippen LogP contribution in [0.4, 0.5) is 0 Å². The zero-order valence-corrected chi connectivity index (χ0v) is 10.3. The minimum absolute atomic E-state index is 0.0288. The molecule has 88 valence electrons. The fourth-order valence-corrected chi connectivity index (χ4v) is 2.00. The Bertz CT molecular complexity index is 571. The summed E-state index contributed by atoms with van der Waals surface area (Å²) in [5.41, 5.74) is 4.90. The van der Waals surface area contributed by atoms with E-state index in [0.717, 1.165) is 22.3 Å². The predicted molar refractivity (Wildman–Crippen MR) is 69.4 cm³/mol. The summed E-state index contributed by atoms with van der Waals surface area (Å²) in [5, 5.41) is 19.3. The number of rotatable bonds is 1. The fraction of sp³-hybridized carbons (Fsp3) is 0.200. The number of aryl methyl sites for hydroxylation is 1. The van der Waals surface area contributed by atoms with Gasteiger partial charge in [0.2, 0.25) is 0 Å². The van der Waals surface area contributed by atoms with E-state index in [1.54, 1.807) is 6.07 Å². The molecule has 0 atom stereocenters. The van der Waals surface area contributed by atoms with Crippen molar-refractivity contribution in [2.75, 3.05) is 0 Å². The van der Waals surface area contributed by atoms with Crippen molar-refractivity contribution in [1.29, 1.82) is 0 Å². The van der Waals surface area contributed by atoms with Crippen LogP contribution in [-0.4, -0.2) is 10.2 Å². The maximum Gasteiger partial charge on any atom is 0.160 e. The third-order valence-electron chi connectivity index (χ3n) is 3.17. The summed E-state index contributed by atoms with van der Waals surface area (Å²) in [7, 11) is 0.